The van der Waals surface area contributed by atoms with Gasteiger partial charge in [0.1, 0.15) is 0 Å². The molecule has 0 saturated carbocycles. The van der Waals surface area contributed by atoms with Gasteiger partial charge < -0.3 is 14.5 Å². The van der Waals surface area contributed by atoms with Crippen LogP contribution in [0.4, 0.5) is 38.0 Å². The van der Waals surface area contributed by atoms with Gasteiger partial charge in [-0.3, -0.25) is 0 Å². The summed E-state index contributed by atoms with van der Waals surface area (Å²) in [5, 5.41) is 12.4. The summed E-state index contributed by atoms with van der Waals surface area (Å²) in [7, 11) is 1.55. The molecule has 7 nitrogen and oxygen atoms in total. The molecule has 1 fully saturated rings. The average molecular weight is 583 g/mol. The summed E-state index contributed by atoms with van der Waals surface area (Å²) in [4.78, 5) is 5.23. The number of anilines is 2. The van der Waals surface area contributed by atoms with Crippen molar-refractivity contribution in [1.29, 1.82) is 0 Å². The van der Waals surface area contributed by atoms with E-state index in [1.165, 1.54) is 4.80 Å². The van der Waals surface area contributed by atoms with Gasteiger partial charge in [0.05, 0.1) is 37.4 Å². The van der Waals surface area contributed by atoms with E-state index in [-0.39, 0.29) is 29.5 Å². The van der Waals surface area contributed by atoms with Crippen LogP contribution in [-0.2, 0) is 30.7 Å². The molecular formula is C28H32F6N6O. The molecule has 2 aromatic carbocycles. The zero-order valence-corrected chi connectivity index (χ0v) is 23.3. The standard InChI is InChI=1S/C28H32F6N6O/c1-17-8-18(2)24-22(9-17)23(6-5-7-39(24)14-26(3)15-41-16-26)40(25-35-37-38(4)36-25)13-19-10-20(27(29,30)31)12-21(11-19)28(32,33)34/h8-12,23H,5-7,13-16H2,1-4H3. The number of fused-ring (bicyclic) bond motifs is 1. The van der Waals surface area contributed by atoms with Crippen LogP contribution in [0.2, 0.25) is 0 Å². The number of aryl methyl sites for hydroxylation is 3. The van der Waals surface area contributed by atoms with Crippen molar-refractivity contribution in [2.75, 3.05) is 36.1 Å². The number of halogens is 6. The number of hydrogen-bond acceptors (Lipinski definition) is 6. The fraction of sp³-hybridized carbons (Fsp3) is 0.536. The van der Waals surface area contributed by atoms with Gasteiger partial charge in [0.25, 0.3) is 5.95 Å². The highest BCUT2D eigenvalue weighted by molar-refractivity contribution is 5.64. The van der Waals surface area contributed by atoms with Crippen LogP contribution in [0, 0.1) is 19.3 Å². The number of hydrogen-bond donors (Lipinski definition) is 0. The SMILES string of the molecule is Cc1cc(C)c2c(c1)C(N(Cc1cc(C(F)(F)F)cc(C(F)(F)F)c1)c1nnn(C)n1)CCCN2CC1(C)COC1. The molecule has 41 heavy (non-hydrogen) atoms. The van der Waals surface area contributed by atoms with Gasteiger partial charge in [-0.05, 0) is 66.8 Å². The molecule has 0 spiro atoms. The number of benzene rings is 2. The lowest BCUT2D eigenvalue weighted by Gasteiger charge is -2.43. The minimum Gasteiger partial charge on any atom is -0.380 e. The first-order valence-electron chi connectivity index (χ1n) is 13.4. The van der Waals surface area contributed by atoms with E-state index < -0.39 is 29.5 Å². The molecule has 2 aliphatic rings. The third-order valence-corrected chi connectivity index (χ3v) is 7.66. The van der Waals surface area contributed by atoms with E-state index in [0.29, 0.717) is 19.6 Å². The van der Waals surface area contributed by atoms with Crippen LogP contribution in [0.3, 0.4) is 0 Å². The molecule has 0 radical (unpaired) electrons. The molecule has 222 valence electrons. The van der Waals surface area contributed by atoms with Crippen LogP contribution in [0.15, 0.2) is 30.3 Å². The molecule has 1 aromatic heterocycles. The lowest BCUT2D eigenvalue weighted by atomic mass is 9.87. The number of ether oxygens (including phenoxy) is 1. The van der Waals surface area contributed by atoms with E-state index in [1.54, 1.807) is 11.9 Å². The van der Waals surface area contributed by atoms with Gasteiger partial charge in [0.15, 0.2) is 0 Å². The van der Waals surface area contributed by atoms with Gasteiger partial charge in [-0.25, -0.2) is 0 Å². The first-order valence-corrected chi connectivity index (χ1v) is 13.4. The Morgan fingerprint density at radius 3 is 2.20 bits per heavy atom. The molecule has 0 N–H and O–H groups in total. The minimum absolute atomic E-state index is 0.00733. The second kappa shape index (κ2) is 10.5. The summed E-state index contributed by atoms with van der Waals surface area (Å²) in [5.41, 5.74) is 1.12. The maximum atomic E-state index is 13.7. The predicted molar refractivity (Wildman–Crippen MR) is 140 cm³/mol. The van der Waals surface area contributed by atoms with Crippen molar-refractivity contribution in [2.45, 2.75) is 58.6 Å². The molecule has 13 heteroatoms. The highest BCUT2D eigenvalue weighted by atomic mass is 19.4. The Morgan fingerprint density at radius 1 is 1.00 bits per heavy atom. The first kappa shape index (κ1) is 29.2. The molecule has 1 saturated heterocycles. The van der Waals surface area contributed by atoms with Crippen molar-refractivity contribution in [3.8, 4) is 0 Å². The largest absolute Gasteiger partial charge is 0.416 e. The van der Waals surface area contributed by atoms with E-state index in [4.69, 9.17) is 4.74 Å². The van der Waals surface area contributed by atoms with Crippen molar-refractivity contribution in [1.82, 2.24) is 20.2 Å². The number of nitrogens with zero attached hydrogens (tertiary/aromatic N) is 6. The van der Waals surface area contributed by atoms with Crippen molar-refractivity contribution in [2.24, 2.45) is 12.5 Å². The second-order valence-corrected chi connectivity index (χ2v) is 11.5. The van der Waals surface area contributed by atoms with Gasteiger partial charge in [-0.2, -0.15) is 31.1 Å². The van der Waals surface area contributed by atoms with Crippen LogP contribution in [0.1, 0.15) is 59.2 Å². The van der Waals surface area contributed by atoms with E-state index >= 15 is 0 Å². The molecule has 2 aliphatic heterocycles. The predicted octanol–water partition coefficient (Wildman–Crippen LogP) is 6.25. The molecule has 0 amide bonds. The smallest absolute Gasteiger partial charge is 0.380 e. The Labute approximate surface area is 234 Å². The van der Waals surface area contributed by atoms with Crippen molar-refractivity contribution >= 4 is 11.6 Å². The van der Waals surface area contributed by atoms with Crippen LogP contribution in [0.25, 0.3) is 0 Å². The minimum atomic E-state index is -4.95. The first-order chi connectivity index (χ1) is 19.1. The summed E-state index contributed by atoms with van der Waals surface area (Å²) in [6, 6.07) is 5.38. The summed E-state index contributed by atoms with van der Waals surface area (Å²) in [6.45, 7) is 8.70. The van der Waals surface area contributed by atoms with Crippen LogP contribution in [0.5, 0.6) is 0 Å². The molecule has 1 atom stereocenters. The molecule has 3 heterocycles. The number of rotatable bonds is 6. The Morgan fingerprint density at radius 2 is 1.66 bits per heavy atom. The van der Waals surface area contributed by atoms with Crippen molar-refractivity contribution in [3.63, 3.8) is 0 Å². The zero-order valence-electron chi connectivity index (χ0n) is 23.3. The topological polar surface area (TPSA) is 59.3 Å². The molecule has 3 aromatic rings. The fourth-order valence-corrected chi connectivity index (χ4v) is 5.92. The van der Waals surface area contributed by atoms with Crippen molar-refractivity contribution < 1.29 is 31.1 Å². The Kier molecular flexibility index (Phi) is 7.46. The lowest BCUT2D eigenvalue weighted by molar-refractivity contribution is -0.143. The van der Waals surface area contributed by atoms with E-state index in [0.717, 1.165) is 54.0 Å². The Hall–Kier alpha value is -3.35. The third kappa shape index (κ3) is 6.14. The maximum absolute atomic E-state index is 13.7. The summed E-state index contributed by atoms with van der Waals surface area (Å²) >= 11 is 0. The number of aromatic nitrogens is 4. The summed E-state index contributed by atoms with van der Waals surface area (Å²) < 4.78 is 87.5. The van der Waals surface area contributed by atoms with E-state index in [2.05, 4.69) is 33.3 Å². The van der Waals surface area contributed by atoms with Gasteiger partial charge >= 0.3 is 12.4 Å². The van der Waals surface area contributed by atoms with Gasteiger partial charge in [0, 0.05) is 30.7 Å². The van der Waals surface area contributed by atoms with Crippen LogP contribution < -0.4 is 9.80 Å². The second-order valence-electron chi connectivity index (χ2n) is 11.5. The average Bonchev–Trinajstić information content (AvgIpc) is 3.20. The molecule has 1 unspecified atom stereocenters. The molecule has 0 aliphatic carbocycles. The summed E-state index contributed by atoms with van der Waals surface area (Å²) in [6.07, 6.45) is -8.57. The fourth-order valence-electron chi connectivity index (χ4n) is 5.92. The quantitative estimate of drug-likeness (QED) is 0.321. The van der Waals surface area contributed by atoms with Gasteiger partial charge in [0.2, 0.25) is 0 Å². The van der Waals surface area contributed by atoms with Gasteiger partial charge in [-0.1, -0.05) is 29.7 Å². The van der Waals surface area contributed by atoms with Crippen molar-refractivity contribution in [3.05, 3.63) is 63.7 Å². The van der Waals surface area contributed by atoms with Crippen LogP contribution in [-0.4, -0.2) is 46.5 Å². The van der Waals surface area contributed by atoms with Crippen LogP contribution >= 0.6 is 0 Å². The molecular weight excluding hydrogens is 550 g/mol. The lowest BCUT2D eigenvalue weighted by Crippen LogP contribution is -2.49. The number of tetrazole rings is 1. The normalized spacial score (nSPS) is 19.0. The Balaban J connectivity index is 1.62. The monoisotopic (exact) mass is 582 g/mol. The zero-order chi connectivity index (χ0) is 29.7. The Bertz CT molecular complexity index is 1380. The summed E-state index contributed by atoms with van der Waals surface area (Å²) in [5.74, 6) is 0.126. The third-order valence-electron chi connectivity index (χ3n) is 7.66. The highest BCUT2D eigenvalue weighted by Gasteiger charge is 2.40. The highest BCUT2D eigenvalue weighted by Crippen LogP contribution is 2.43. The molecule has 5 rings (SSSR count). The molecule has 0 bridgehead atoms. The number of alkyl halides is 6. The van der Waals surface area contributed by atoms with Gasteiger partial charge in [-0.15, -0.1) is 5.10 Å². The van der Waals surface area contributed by atoms with E-state index in [9.17, 15) is 26.3 Å². The maximum Gasteiger partial charge on any atom is 0.416 e. The van der Waals surface area contributed by atoms with E-state index in [1.807, 2.05) is 19.9 Å².